The number of aliphatic hydroxyl groups is 1. The number of aliphatic hydroxyl groups excluding tert-OH is 1. The van der Waals surface area contributed by atoms with Gasteiger partial charge in [-0.3, -0.25) is 9.59 Å². The smallest absolute Gasteiger partial charge is 0.239 e. The highest BCUT2D eigenvalue weighted by Gasteiger charge is 2.39. The summed E-state index contributed by atoms with van der Waals surface area (Å²) in [7, 11) is 1.36. The lowest BCUT2D eigenvalue weighted by molar-refractivity contribution is 0.0211. The fourth-order valence-electron chi connectivity index (χ4n) is 4.54. The Morgan fingerprint density at radius 1 is 0.780 bits per heavy atom. The van der Waals surface area contributed by atoms with Crippen molar-refractivity contribution in [3.05, 3.63) is 106 Å². The highest BCUT2D eigenvalue weighted by atomic mass is 16.5. The number of ketones is 1. The number of ether oxygens (including phenoxy) is 2. The van der Waals surface area contributed by atoms with Gasteiger partial charge in [0.2, 0.25) is 17.0 Å². The standard InChI is InChI=1S/C16H12O5.C15H12O5/c1-20-16-14(19)13-11(18)7-10(17)8-12(13)21-15(16)9-5-3-2-4-6-9;16-9-6-10(17)12-11(7-9)20-15(14(19)13(12)18)8-4-2-1-3-5-8/h2-8,17-18H,1H3;1-7,14-17,19H/t;14-,15+/m.0/s1. The number of aromatic hydroxyl groups is 4. The van der Waals surface area contributed by atoms with Gasteiger partial charge in [-0.15, -0.1) is 0 Å². The van der Waals surface area contributed by atoms with E-state index in [1.54, 1.807) is 48.5 Å². The van der Waals surface area contributed by atoms with E-state index < -0.39 is 29.2 Å². The zero-order chi connectivity index (χ0) is 29.3. The molecule has 0 fully saturated rings. The molecule has 5 aromatic rings. The SMILES string of the molecule is COc1c(-c2ccccc2)oc2cc(O)cc(O)c2c1=O.O=C1c2c(O)cc(O)cc2O[C@H](c2ccccc2)[C@H]1O. The van der Waals surface area contributed by atoms with E-state index in [4.69, 9.17) is 13.9 Å². The summed E-state index contributed by atoms with van der Waals surface area (Å²) < 4.78 is 16.4. The van der Waals surface area contributed by atoms with E-state index in [-0.39, 0.29) is 51.0 Å². The summed E-state index contributed by atoms with van der Waals surface area (Å²) in [6.07, 6.45) is -2.27. The maximum atomic E-state index is 12.5. The minimum absolute atomic E-state index is 0.00897. The highest BCUT2D eigenvalue weighted by molar-refractivity contribution is 6.05. The third kappa shape index (κ3) is 5.11. The van der Waals surface area contributed by atoms with Crippen LogP contribution >= 0.6 is 0 Å². The molecule has 5 N–H and O–H groups in total. The molecule has 10 heteroatoms. The van der Waals surface area contributed by atoms with Crippen LogP contribution in [-0.4, -0.2) is 44.5 Å². The predicted octanol–water partition coefficient (Wildman–Crippen LogP) is 4.65. The largest absolute Gasteiger partial charge is 0.508 e. The lowest BCUT2D eigenvalue weighted by Crippen LogP contribution is -2.36. The second-order valence-electron chi connectivity index (χ2n) is 9.09. The maximum Gasteiger partial charge on any atom is 0.239 e. The quantitative estimate of drug-likeness (QED) is 0.211. The van der Waals surface area contributed by atoms with Crippen molar-refractivity contribution >= 4 is 16.8 Å². The van der Waals surface area contributed by atoms with Crippen molar-refractivity contribution in [2.24, 2.45) is 0 Å². The Hall–Kier alpha value is -5.48. The van der Waals surface area contributed by atoms with Gasteiger partial charge in [0.15, 0.2) is 18.0 Å². The van der Waals surface area contributed by atoms with Crippen LogP contribution in [-0.2, 0) is 0 Å². The van der Waals surface area contributed by atoms with Gasteiger partial charge in [-0.25, -0.2) is 0 Å². The van der Waals surface area contributed by atoms with Crippen molar-refractivity contribution in [3.63, 3.8) is 0 Å². The molecule has 1 aromatic heterocycles. The number of benzene rings is 4. The molecule has 10 nitrogen and oxygen atoms in total. The van der Waals surface area contributed by atoms with Crippen LogP contribution < -0.4 is 14.9 Å². The van der Waals surface area contributed by atoms with Crippen LogP contribution in [0.15, 0.2) is 94.1 Å². The number of phenolic OH excluding ortho intramolecular Hbond substituents is 4. The normalized spacial score (nSPS) is 15.8. The molecule has 41 heavy (non-hydrogen) atoms. The molecule has 0 spiro atoms. The molecule has 0 saturated carbocycles. The van der Waals surface area contributed by atoms with E-state index in [9.17, 15) is 35.1 Å². The number of hydrogen-bond donors (Lipinski definition) is 5. The third-order valence-corrected chi connectivity index (χ3v) is 6.41. The number of hydrogen-bond acceptors (Lipinski definition) is 10. The van der Waals surface area contributed by atoms with Crippen molar-refractivity contribution < 1.29 is 44.2 Å². The molecule has 1 aliphatic heterocycles. The van der Waals surface area contributed by atoms with Crippen LogP contribution in [0.2, 0.25) is 0 Å². The van der Waals surface area contributed by atoms with Gasteiger partial charge in [0.1, 0.15) is 45.3 Å². The average molecular weight is 557 g/mol. The number of methoxy groups -OCH3 is 1. The van der Waals surface area contributed by atoms with Gasteiger partial charge in [0.05, 0.1) is 7.11 Å². The molecule has 0 radical (unpaired) electrons. The molecule has 0 aliphatic carbocycles. The molecule has 4 aromatic carbocycles. The molecule has 2 heterocycles. The van der Waals surface area contributed by atoms with Crippen molar-refractivity contribution in [2.45, 2.75) is 12.2 Å². The van der Waals surface area contributed by atoms with Crippen molar-refractivity contribution in [3.8, 4) is 45.8 Å². The van der Waals surface area contributed by atoms with Crippen LogP contribution in [0, 0.1) is 0 Å². The second-order valence-corrected chi connectivity index (χ2v) is 9.09. The zero-order valence-corrected chi connectivity index (χ0v) is 21.5. The van der Waals surface area contributed by atoms with Gasteiger partial charge in [-0.05, 0) is 5.56 Å². The maximum absolute atomic E-state index is 12.5. The first-order valence-corrected chi connectivity index (χ1v) is 12.3. The zero-order valence-electron chi connectivity index (χ0n) is 21.5. The lowest BCUT2D eigenvalue weighted by atomic mass is 9.93. The average Bonchev–Trinajstić information content (AvgIpc) is 2.95. The van der Waals surface area contributed by atoms with Crippen molar-refractivity contribution in [2.75, 3.05) is 7.11 Å². The van der Waals surface area contributed by atoms with Gasteiger partial charge in [-0.1, -0.05) is 60.7 Å². The number of phenols is 4. The summed E-state index contributed by atoms with van der Waals surface area (Å²) in [5.74, 6) is -1.46. The Bertz CT molecular complexity index is 1800. The number of rotatable bonds is 3. The summed E-state index contributed by atoms with van der Waals surface area (Å²) >= 11 is 0. The van der Waals surface area contributed by atoms with Crippen LogP contribution in [0.5, 0.6) is 34.5 Å². The molecule has 0 amide bonds. The summed E-state index contributed by atoms with van der Waals surface area (Å²) in [5, 5.41) is 48.6. The molecule has 208 valence electrons. The number of fused-ring (bicyclic) bond motifs is 2. The molecular weight excluding hydrogens is 532 g/mol. The van der Waals surface area contributed by atoms with E-state index in [1.165, 1.54) is 19.2 Å². The first kappa shape index (κ1) is 27.1. The van der Waals surface area contributed by atoms with Crippen molar-refractivity contribution in [1.82, 2.24) is 0 Å². The minimum Gasteiger partial charge on any atom is -0.508 e. The van der Waals surface area contributed by atoms with Crippen molar-refractivity contribution in [1.29, 1.82) is 0 Å². The second kappa shape index (κ2) is 10.9. The van der Waals surface area contributed by atoms with Crippen LogP contribution in [0.4, 0.5) is 0 Å². The molecule has 2 atom stereocenters. The van der Waals surface area contributed by atoms with Crippen LogP contribution in [0.25, 0.3) is 22.3 Å². The topological polar surface area (TPSA) is 167 Å². The Kier molecular flexibility index (Phi) is 7.24. The van der Waals surface area contributed by atoms with Gasteiger partial charge < -0.3 is 39.4 Å². The first-order valence-electron chi connectivity index (χ1n) is 12.3. The molecule has 1 aliphatic rings. The fourth-order valence-corrected chi connectivity index (χ4v) is 4.54. The Morgan fingerprint density at radius 2 is 1.39 bits per heavy atom. The minimum atomic E-state index is -1.40. The number of Topliss-reactive ketones (excluding diaryl/α,β-unsaturated/α-hetero) is 1. The molecule has 0 saturated heterocycles. The summed E-state index contributed by atoms with van der Waals surface area (Å²) in [6.45, 7) is 0. The molecule has 0 bridgehead atoms. The van der Waals surface area contributed by atoms with Gasteiger partial charge in [0.25, 0.3) is 0 Å². The Balaban J connectivity index is 0.000000165. The Morgan fingerprint density at radius 3 is 2.05 bits per heavy atom. The van der Waals surface area contributed by atoms with Gasteiger partial charge in [0, 0.05) is 29.8 Å². The van der Waals surface area contributed by atoms with Gasteiger partial charge >= 0.3 is 0 Å². The van der Waals surface area contributed by atoms with Gasteiger partial charge in [-0.2, -0.15) is 0 Å². The molecular formula is C31H24O10. The van der Waals surface area contributed by atoms with E-state index in [1.807, 2.05) is 12.1 Å². The molecule has 6 rings (SSSR count). The van der Waals surface area contributed by atoms with Crippen LogP contribution in [0.1, 0.15) is 22.0 Å². The monoisotopic (exact) mass is 556 g/mol. The number of carbonyl (C=O) groups excluding carboxylic acids is 1. The third-order valence-electron chi connectivity index (χ3n) is 6.41. The Labute approximate surface area is 232 Å². The number of carbonyl (C=O) groups is 1. The van der Waals surface area contributed by atoms with E-state index in [0.29, 0.717) is 11.1 Å². The summed E-state index contributed by atoms with van der Waals surface area (Å²) in [6, 6.07) is 22.5. The summed E-state index contributed by atoms with van der Waals surface area (Å²) in [5.41, 5.74) is 0.799. The predicted molar refractivity (Wildman–Crippen MR) is 148 cm³/mol. The van der Waals surface area contributed by atoms with Crippen LogP contribution in [0.3, 0.4) is 0 Å². The summed E-state index contributed by atoms with van der Waals surface area (Å²) in [4.78, 5) is 24.6. The van der Waals surface area contributed by atoms with E-state index >= 15 is 0 Å². The fraction of sp³-hybridized carbons (Fsp3) is 0.0968. The van der Waals surface area contributed by atoms with E-state index in [0.717, 1.165) is 12.1 Å². The molecule has 0 unspecified atom stereocenters. The first-order chi connectivity index (χ1) is 19.7. The lowest BCUT2D eigenvalue weighted by Gasteiger charge is -2.30. The van der Waals surface area contributed by atoms with E-state index in [2.05, 4.69) is 0 Å². The highest BCUT2D eigenvalue weighted by Crippen LogP contribution is 2.41.